The Morgan fingerprint density at radius 3 is 2.47 bits per heavy atom. The average molecular weight is 260 g/mol. The molecule has 1 aliphatic heterocycles. The number of nitrogens with one attached hydrogen (secondary N) is 1. The molecule has 2 rings (SSSR count). The maximum absolute atomic E-state index is 11.6. The summed E-state index contributed by atoms with van der Waals surface area (Å²) < 4.78 is 0. The van der Waals surface area contributed by atoms with Crippen LogP contribution in [0.1, 0.15) is 26.2 Å². The zero-order chi connectivity index (χ0) is 13.8. The van der Waals surface area contributed by atoms with Crippen molar-refractivity contribution in [2.75, 3.05) is 16.8 Å². The lowest BCUT2D eigenvalue weighted by Gasteiger charge is -2.16. The maximum atomic E-state index is 11.6. The maximum Gasteiger partial charge on any atom is 0.231 e. The molecule has 0 unspecified atom stereocenters. The number of hydrogen-bond donors (Lipinski definition) is 1. The van der Waals surface area contributed by atoms with Gasteiger partial charge in [-0.1, -0.05) is 0 Å². The lowest BCUT2D eigenvalue weighted by molar-refractivity contribution is -0.124. The number of Topliss-reactive ketones (excluding diaryl/α,β-unsaturated/α-hetero) is 1. The van der Waals surface area contributed by atoms with E-state index < -0.39 is 0 Å². The molecule has 5 heteroatoms. The molecule has 2 amide bonds. The van der Waals surface area contributed by atoms with Gasteiger partial charge in [0.1, 0.15) is 5.78 Å². The zero-order valence-electron chi connectivity index (χ0n) is 10.8. The molecule has 0 spiro atoms. The number of carbonyl (C=O) groups is 3. The minimum absolute atomic E-state index is 0.119. The Kier molecular flexibility index (Phi) is 3.94. The Bertz CT molecular complexity index is 508. The van der Waals surface area contributed by atoms with Gasteiger partial charge in [-0.25, -0.2) is 0 Å². The number of anilines is 2. The van der Waals surface area contributed by atoms with Crippen molar-refractivity contribution in [2.45, 2.75) is 26.2 Å². The summed E-state index contributed by atoms with van der Waals surface area (Å²) in [6.07, 6.45) is 1.36. The Morgan fingerprint density at radius 1 is 1.26 bits per heavy atom. The summed E-state index contributed by atoms with van der Waals surface area (Å²) in [5.74, 6) is -0.359. The first-order valence-electron chi connectivity index (χ1n) is 6.26. The Labute approximate surface area is 111 Å². The number of ketones is 1. The van der Waals surface area contributed by atoms with Gasteiger partial charge in [-0.05, 0) is 37.6 Å². The summed E-state index contributed by atoms with van der Waals surface area (Å²) in [7, 11) is 0. The molecule has 1 aromatic carbocycles. The highest BCUT2D eigenvalue weighted by Crippen LogP contribution is 2.22. The van der Waals surface area contributed by atoms with Gasteiger partial charge in [0.15, 0.2) is 0 Å². The van der Waals surface area contributed by atoms with Crippen LogP contribution in [-0.2, 0) is 14.4 Å². The summed E-state index contributed by atoms with van der Waals surface area (Å²) in [4.78, 5) is 35.5. The Balaban J connectivity index is 2.00. The second-order valence-electron chi connectivity index (χ2n) is 4.62. The van der Waals surface area contributed by atoms with Crippen molar-refractivity contribution in [1.82, 2.24) is 0 Å². The van der Waals surface area contributed by atoms with Crippen LogP contribution in [0.4, 0.5) is 11.4 Å². The van der Waals surface area contributed by atoms with Crippen LogP contribution in [0.25, 0.3) is 0 Å². The molecule has 1 aromatic rings. The van der Waals surface area contributed by atoms with Crippen LogP contribution in [0.5, 0.6) is 0 Å². The summed E-state index contributed by atoms with van der Waals surface area (Å²) >= 11 is 0. The van der Waals surface area contributed by atoms with E-state index in [1.807, 2.05) is 0 Å². The molecule has 1 aliphatic rings. The monoisotopic (exact) mass is 260 g/mol. The minimum atomic E-state index is -0.322. The van der Waals surface area contributed by atoms with Crippen molar-refractivity contribution in [2.24, 2.45) is 0 Å². The topological polar surface area (TPSA) is 66.5 Å². The molecule has 1 heterocycles. The summed E-state index contributed by atoms with van der Waals surface area (Å²) in [6, 6.07) is 7.07. The van der Waals surface area contributed by atoms with E-state index in [0.717, 1.165) is 18.7 Å². The molecule has 0 bridgehead atoms. The first-order valence-corrected chi connectivity index (χ1v) is 6.26. The number of carbonyl (C=O) groups excluding carboxylic acids is 3. The lowest BCUT2D eigenvalue weighted by Crippen LogP contribution is -2.23. The molecule has 100 valence electrons. The number of benzene rings is 1. The van der Waals surface area contributed by atoms with Gasteiger partial charge < -0.3 is 10.2 Å². The van der Waals surface area contributed by atoms with Gasteiger partial charge in [-0.2, -0.15) is 0 Å². The van der Waals surface area contributed by atoms with Crippen molar-refractivity contribution in [3.05, 3.63) is 24.3 Å². The molecule has 1 fully saturated rings. The van der Waals surface area contributed by atoms with Gasteiger partial charge in [-0.15, -0.1) is 0 Å². The fourth-order valence-electron chi connectivity index (χ4n) is 2.08. The number of rotatable bonds is 4. The summed E-state index contributed by atoms with van der Waals surface area (Å²) in [6.45, 7) is 2.12. The fourth-order valence-corrected chi connectivity index (χ4v) is 2.08. The molecule has 5 nitrogen and oxygen atoms in total. The summed E-state index contributed by atoms with van der Waals surface area (Å²) in [5.41, 5.74) is 1.47. The Morgan fingerprint density at radius 2 is 1.95 bits per heavy atom. The predicted octanol–water partition coefficient (Wildman–Crippen LogP) is 1.73. The predicted molar refractivity (Wildman–Crippen MR) is 72.0 cm³/mol. The fraction of sp³-hybridized carbons (Fsp3) is 0.357. The van der Waals surface area contributed by atoms with Crippen molar-refractivity contribution >= 4 is 29.0 Å². The van der Waals surface area contributed by atoms with Crippen molar-refractivity contribution in [3.63, 3.8) is 0 Å². The van der Waals surface area contributed by atoms with E-state index in [9.17, 15) is 14.4 Å². The smallest absolute Gasteiger partial charge is 0.231 e. The average Bonchev–Trinajstić information content (AvgIpc) is 2.75. The Hall–Kier alpha value is -2.17. The van der Waals surface area contributed by atoms with Gasteiger partial charge in [-0.3, -0.25) is 14.4 Å². The van der Waals surface area contributed by atoms with Gasteiger partial charge in [0.05, 0.1) is 6.42 Å². The van der Waals surface area contributed by atoms with E-state index in [1.165, 1.54) is 6.92 Å². The van der Waals surface area contributed by atoms with Crippen LogP contribution < -0.4 is 10.2 Å². The quantitative estimate of drug-likeness (QED) is 0.838. The standard InChI is InChI=1S/C14H16N2O3/c1-10(17)9-13(18)15-11-4-6-12(7-5-11)16-8-2-3-14(16)19/h4-7H,2-3,8-9H2,1H3,(H,15,18). The molecule has 0 aliphatic carbocycles. The molecule has 0 radical (unpaired) electrons. The SMILES string of the molecule is CC(=O)CC(=O)Nc1ccc(N2CCCC2=O)cc1. The van der Waals surface area contributed by atoms with Crippen LogP contribution in [-0.4, -0.2) is 24.1 Å². The van der Waals surface area contributed by atoms with Crippen molar-refractivity contribution in [1.29, 1.82) is 0 Å². The zero-order valence-corrected chi connectivity index (χ0v) is 10.8. The molecule has 19 heavy (non-hydrogen) atoms. The third kappa shape index (κ3) is 3.40. The third-order valence-electron chi connectivity index (χ3n) is 2.95. The molecule has 0 saturated carbocycles. The lowest BCUT2D eigenvalue weighted by atomic mass is 10.2. The molecule has 1 N–H and O–H groups in total. The first-order chi connectivity index (χ1) is 9.06. The molecule has 1 saturated heterocycles. The van der Waals surface area contributed by atoms with Crippen molar-refractivity contribution in [3.8, 4) is 0 Å². The molecular formula is C14H16N2O3. The van der Waals surface area contributed by atoms with E-state index in [2.05, 4.69) is 5.32 Å². The normalized spacial score (nSPS) is 14.6. The minimum Gasteiger partial charge on any atom is -0.326 e. The van der Waals surface area contributed by atoms with Gasteiger partial charge in [0, 0.05) is 24.3 Å². The van der Waals surface area contributed by atoms with Crippen LogP contribution in [0.2, 0.25) is 0 Å². The largest absolute Gasteiger partial charge is 0.326 e. The van der Waals surface area contributed by atoms with E-state index >= 15 is 0 Å². The molecular weight excluding hydrogens is 244 g/mol. The van der Waals surface area contributed by atoms with Crippen LogP contribution >= 0.6 is 0 Å². The van der Waals surface area contributed by atoms with E-state index in [4.69, 9.17) is 0 Å². The van der Waals surface area contributed by atoms with E-state index in [-0.39, 0.29) is 24.0 Å². The first kappa shape index (κ1) is 13.3. The second kappa shape index (κ2) is 5.65. The molecule has 0 aromatic heterocycles. The van der Waals surface area contributed by atoms with E-state index in [0.29, 0.717) is 12.1 Å². The highest BCUT2D eigenvalue weighted by atomic mass is 16.2. The van der Waals surface area contributed by atoms with Crippen molar-refractivity contribution < 1.29 is 14.4 Å². The van der Waals surface area contributed by atoms with Gasteiger partial charge in [0.2, 0.25) is 11.8 Å². The van der Waals surface area contributed by atoms with Gasteiger partial charge >= 0.3 is 0 Å². The highest BCUT2D eigenvalue weighted by Gasteiger charge is 2.21. The highest BCUT2D eigenvalue weighted by molar-refractivity contribution is 6.03. The third-order valence-corrected chi connectivity index (χ3v) is 2.95. The number of amides is 2. The summed E-state index contributed by atoms with van der Waals surface area (Å²) in [5, 5.41) is 2.64. The number of hydrogen-bond acceptors (Lipinski definition) is 3. The van der Waals surface area contributed by atoms with Gasteiger partial charge in [0.25, 0.3) is 0 Å². The van der Waals surface area contributed by atoms with Crippen LogP contribution in [0.3, 0.4) is 0 Å². The van der Waals surface area contributed by atoms with Crippen LogP contribution in [0, 0.1) is 0 Å². The van der Waals surface area contributed by atoms with E-state index in [1.54, 1.807) is 29.2 Å². The second-order valence-corrected chi connectivity index (χ2v) is 4.62. The number of nitrogens with zero attached hydrogens (tertiary/aromatic N) is 1. The molecule has 0 atom stereocenters. The van der Waals surface area contributed by atoms with Crippen LogP contribution in [0.15, 0.2) is 24.3 Å².